The fourth-order valence-electron chi connectivity index (χ4n) is 4.64. The molecular weight excluding hydrogens is 479 g/mol. The summed E-state index contributed by atoms with van der Waals surface area (Å²) in [6.07, 6.45) is 5.85. The van der Waals surface area contributed by atoms with Crippen LogP contribution in [0.2, 0.25) is 5.02 Å². The number of aromatic nitrogens is 2. The summed E-state index contributed by atoms with van der Waals surface area (Å²) in [5.41, 5.74) is 6.08. The summed E-state index contributed by atoms with van der Waals surface area (Å²) in [5, 5.41) is 16.4. The Labute approximate surface area is 212 Å². The van der Waals surface area contributed by atoms with Crippen molar-refractivity contribution in [2.24, 2.45) is 5.92 Å². The molecule has 1 saturated carbocycles. The van der Waals surface area contributed by atoms with E-state index in [0.717, 1.165) is 58.7 Å². The molecule has 1 aliphatic carbocycles. The van der Waals surface area contributed by atoms with Crippen molar-refractivity contribution in [3.63, 3.8) is 0 Å². The molecule has 0 unspecified atom stereocenters. The number of H-pyrrole nitrogens is 1. The van der Waals surface area contributed by atoms with Crippen LogP contribution in [0.3, 0.4) is 0 Å². The smallest absolute Gasteiger partial charge is 0.328 e. The second-order valence-corrected chi connectivity index (χ2v) is 9.23. The summed E-state index contributed by atoms with van der Waals surface area (Å²) in [7, 11) is 1.61. The summed E-state index contributed by atoms with van der Waals surface area (Å²) in [4.78, 5) is 10.9. The molecule has 2 N–H and O–H groups in total. The molecule has 3 aromatic carbocycles. The zero-order valence-corrected chi connectivity index (χ0v) is 20.3. The molecule has 0 bridgehead atoms. The number of halogens is 2. The molecular formula is C29H24ClFN2O3. The first-order valence-corrected chi connectivity index (χ1v) is 12.1. The van der Waals surface area contributed by atoms with Gasteiger partial charge in [0, 0.05) is 6.08 Å². The summed E-state index contributed by atoms with van der Waals surface area (Å²) < 4.78 is 19.8. The van der Waals surface area contributed by atoms with Crippen LogP contribution in [0, 0.1) is 11.9 Å². The number of fused-ring (bicyclic) bond motifs is 1. The van der Waals surface area contributed by atoms with Gasteiger partial charge in [-0.3, -0.25) is 5.10 Å². The van der Waals surface area contributed by atoms with Crippen molar-refractivity contribution in [1.82, 2.24) is 10.2 Å². The lowest BCUT2D eigenvalue weighted by Crippen LogP contribution is -2.15. The Morgan fingerprint density at radius 2 is 1.86 bits per heavy atom. The minimum absolute atomic E-state index is 0.294. The number of rotatable bonds is 7. The molecule has 1 fully saturated rings. The summed E-state index contributed by atoms with van der Waals surface area (Å²) in [6, 6.07) is 18.9. The first-order chi connectivity index (χ1) is 17.4. The molecule has 36 heavy (non-hydrogen) atoms. The molecule has 7 heteroatoms. The molecule has 5 nitrogen and oxygen atoms in total. The molecule has 1 heterocycles. The van der Waals surface area contributed by atoms with Crippen molar-refractivity contribution >= 4 is 45.7 Å². The first-order valence-electron chi connectivity index (χ1n) is 11.7. The van der Waals surface area contributed by atoms with E-state index in [1.807, 2.05) is 60.7 Å². The van der Waals surface area contributed by atoms with E-state index in [1.165, 1.54) is 0 Å². The number of nitrogens with zero attached hydrogens (tertiary/aromatic N) is 1. The zero-order chi connectivity index (χ0) is 25.2. The number of aliphatic carboxylic acids is 1. The Morgan fingerprint density at radius 1 is 1.11 bits per heavy atom. The van der Waals surface area contributed by atoms with Crippen molar-refractivity contribution < 1.29 is 19.0 Å². The Hall–Kier alpha value is -3.90. The monoisotopic (exact) mass is 502 g/mol. The third kappa shape index (κ3) is 4.64. The van der Waals surface area contributed by atoms with Gasteiger partial charge in [0.15, 0.2) is 0 Å². The largest absolute Gasteiger partial charge is 0.497 e. The number of allylic oxidation sites excluding steroid dienone is 1. The molecule has 5 rings (SSSR count). The fourth-order valence-corrected chi connectivity index (χ4v) is 4.91. The molecule has 0 amide bonds. The van der Waals surface area contributed by atoms with Crippen LogP contribution in [0.4, 0.5) is 4.39 Å². The van der Waals surface area contributed by atoms with Crippen LogP contribution in [0.5, 0.6) is 5.75 Å². The van der Waals surface area contributed by atoms with Gasteiger partial charge in [-0.2, -0.15) is 9.49 Å². The Balaban J connectivity index is 1.76. The van der Waals surface area contributed by atoms with Crippen LogP contribution < -0.4 is 4.74 Å². The Morgan fingerprint density at radius 3 is 2.50 bits per heavy atom. The standard InChI is InChI=1S/C29H24ClFN2O3/c1-36-21-11-12-22(24(30)16-21)28(18-3-2-4-18)27(19-8-5-17(6-9-19)7-14-26(34)35)20-10-13-25-23(15-20)29(31)33-32-25/h5-16,18H,2-4H2,1H3,(H,32,33)(H,34,35)/b14-7+,28-27+. The van der Waals surface area contributed by atoms with Gasteiger partial charge < -0.3 is 9.84 Å². The lowest BCUT2D eigenvalue weighted by molar-refractivity contribution is -0.131. The maximum Gasteiger partial charge on any atom is 0.328 e. The molecule has 1 aliphatic rings. The van der Waals surface area contributed by atoms with E-state index in [0.29, 0.717) is 27.6 Å². The van der Waals surface area contributed by atoms with Crippen LogP contribution in [-0.4, -0.2) is 28.4 Å². The number of carbonyl (C=O) groups is 1. The van der Waals surface area contributed by atoms with Gasteiger partial charge in [-0.05, 0) is 88.6 Å². The van der Waals surface area contributed by atoms with Crippen molar-refractivity contribution in [2.45, 2.75) is 19.3 Å². The predicted octanol–water partition coefficient (Wildman–Crippen LogP) is 7.22. The summed E-state index contributed by atoms with van der Waals surface area (Å²) in [6.45, 7) is 0. The van der Waals surface area contributed by atoms with Gasteiger partial charge >= 0.3 is 5.97 Å². The maximum atomic E-state index is 14.5. The van der Waals surface area contributed by atoms with Crippen LogP contribution in [0.15, 0.2) is 66.7 Å². The SMILES string of the molecule is COc1ccc(/C(=C(\c2ccc(/C=C/C(=O)O)cc2)c2ccc3n[nH]c(F)c3c2)C2CCC2)c(Cl)c1. The number of ether oxygens (including phenoxy) is 1. The normalized spacial score (nSPS) is 14.6. The topological polar surface area (TPSA) is 75.2 Å². The minimum Gasteiger partial charge on any atom is -0.497 e. The minimum atomic E-state index is -1.00. The third-order valence-electron chi connectivity index (χ3n) is 6.66. The number of nitrogens with one attached hydrogen (secondary N) is 1. The van der Waals surface area contributed by atoms with Crippen molar-refractivity contribution in [1.29, 1.82) is 0 Å². The van der Waals surface area contributed by atoms with Crippen molar-refractivity contribution in [3.8, 4) is 5.75 Å². The molecule has 0 saturated heterocycles. The quantitative estimate of drug-likeness (QED) is 0.206. The van der Waals surface area contributed by atoms with Crippen LogP contribution >= 0.6 is 11.6 Å². The molecule has 1 aromatic heterocycles. The third-order valence-corrected chi connectivity index (χ3v) is 6.98. The van der Waals surface area contributed by atoms with E-state index in [4.69, 9.17) is 21.4 Å². The zero-order valence-electron chi connectivity index (χ0n) is 19.6. The van der Waals surface area contributed by atoms with Crippen LogP contribution in [0.25, 0.3) is 28.1 Å². The molecule has 0 radical (unpaired) electrons. The Kier molecular flexibility index (Phi) is 6.61. The number of hydrogen-bond donors (Lipinski definition) is 2. The molecule has 182 valence electrons. The highest BCUT2D eigenvalue weighted by Gasteiger charge is 2.29. The van der Waals surface area contributed by atoms with Gasteiger partial charge in [0.1, 0.15) is 5.75 Å². The van der Waals surface area contributed by atoms with Gasteiger partial charge in [-0.15, -0.1) is 0 Å². The average Bonchev–Trinajstić information content (AvgIpc) is 3.22. The first kappa shape index (κ1) is 23.8. The second-order valence-electron chi connectivity index (χ2n) is 8.83. The summed E-state index contributed by atoms with van der Waals surface area (Å²) in [5.74, 6) is -0.512. The fraction of sp³-hybridized carbons (Fsp3) is 0.172. The number of hydrogen-bond acceptors (Lipinski definition) is 3. The maximum absolute atomic E-state index is 14.5. The van der Waals surface area contributed by atoms with Crippen LogP contribution in [-0.2, 0) is 4.79 Å². The molecule has 0 atom stereocenters. The van der Waals surface area contributed by atoms with Gasteiger partial charge in [-0.25, -0.2) is 4.79 Å². The highest BCUT2D eigenvalue weighted by atomic mass is 35.5. The van der Waals surface area contributed by atoms with E-state index >= 15 is 0 Å². The number of methoxy groups -OCH3 is 1. The molecule has 0 aliphatic heterocycles. The van der Waals surface area contributed by atoms with Gasteiger partial charge in [0.05, 0.1) is 23.0 Å². The predicted molar refractivity (Wildman–Crippen MR) is 140 cm³/mol. The number of benzene rings is 3. The number of carboxylic acid groups (broad SMARTS) is 1. The van der Waals surface area contributed by atoms with E-state index in [2.05, 4.69) is 10.2 Å². The molecule has 4 aromatic rings. The van der Waals surface area contributed by atoms with Gasteiger partial charge in [0.2, 0.25) is 5.95 Å². The van der Waals surface area contributed by atoms with Crippen molar-refractivity contribution in [2.75, 3.05) is 7.11 Å². The lowest BCUT2D eigenvalue weighted by atomic mass is 9.73. The van der Waals surface area contributed by atoms with Gasteiger partial charge in [0.25, 0.3) is 0 Å². The Bertz CT molecular complexity index is 1500. The molecule has 0 spiro atoms. The highest BCUT2D eigenvalue weighted by molar-refractivity contribution is 6.33. The number of aromatic amines is 1. The highest BCUT2D eigenvalue weighted by Crippen LogP contribution is 2.47. The van der Waals surface area contributed by atoms with Gasteiger partial charge in [-0.1, -0.05) is 48.4 Å². The average molecular weight is 503 g/mol. The van der Waals surface area contributed by atoms with E-state index < -0.39 is 11.9 Å². The second kappa shape index (κ2) is 9.99. The lowest BCUT2D eigenvalue weighted by Gasteiger charge is -2.32. The van der Waals surface area contributed by atoms with E-state index in [-0.39, 0.29) is 0 Å². The van der Waals surface area contributed by atoms with E-state index in [1.54, 1.807) is 13.2 Å². The van der Waals surface area contributed by atoms with Crippen LogP contribution in [0.1, 0.15) is 41.5 Å². The number of carboxylic acids is 1. The van der Waals surface area contributed by atoms with Crippen molar-refractivity contribution in [3.05, 3.63) is 100.0 Å². The summed E-state index contributed by atoms with van der Waals surface area (Å²) >= 11 is 6.79. The van der Waals surface area contributed by atoms with E-state index in [9.17, 15) is 9.18 Å².